The van der Waals surface area contributed by atoms with E-state index in [4.69, 9.17) is 9.84 Å². The Labute approximate surface area is 135 Å². The summed E-state index contributed by atoms with van der Waals surface area (Å²) in [6.07, 6.45) is 3.00. The number of ether oxygens (including phenoxy) is 1. The van der Waals surface area contributed by atoms with Crippen LogP contribution in [0.25, 0.3) is 0 Å². The van der Waals surface area contributed by atoms with Crippen LogP contribution in [-0.2, 0) is 6.42 Å². The van der Waals surface area contributed by atoms with Gasteiger partial charge in [-0.1, -0.05) is 19.1 Å². The number of carbonyl (C=O) groups excluding carboxylic acids is 1. The molecule has 2 amide bonds. The lowest BCUT2D eigenvalue weighted by atomic mass is 10.2. The molecule has 6 heteroatoms. The second-order valence-corrected chi connectivity index (χ2v) is 4.95. The van der Waals surface area contributed by atoms with Gasteiger partial charge in [0.1, 0.15) is 5.75 Å². The second-order valence-electron chi connectivity index (χ2n) is 4.95. The van der Waals surface area contributed by atoms with Crippen molar-refractivity contribution in [3.05, 3.63) is 48.2 Å². The number of carbonyl (C=O) groups is 1. The van der Waals surface area contributed by atoms with Crippen LogP contribution in [0.5, 0.6) is 11.6 Å². The lowest BCUT2D eigenvalue weighted by molar-refractivity contribution is 0.249. The molecule has 0 saturated heterocycles. The summed E-state index contributed by atoms with van der Waals surface area (Å²) in [6, 6.07) is 10.9. The molecule has 0 aliphatic heterocycles. The first-order valence-corrected chi connectivity index (χ1v) is 7.60. The highest BCUT2D eigenvalue weighted by molar-refractivity contribution is 5.88. The van der Waals surface area contributed by atoms with Crippen molar-refractivity contribution in [2.75, 3.05) is 18.5 Å². The summed E-state index contributed by atoms with van der Waals surface area (Å²) in [5.41, 5.74) is 1.77. The number of aliphatic hydroxyl groups excluding tert-OH is 1. The van der Waals surface area contributed by atoms with Crippen LogP contribution in [0.3, 0.4) is 0 Å². The number of aliphatic hydroxyl groups is 1. The number of benzene rings is 1. The number of nitrogens with zero attached hydrogens (tertiary/aromatic N) is 1. The van der Waals surface area contributed by atoms with E-state index in [0.29, 0.717) is 24.5 Å². The zero-order valence-electron chi connectivity index (χ0n) is 13.1. The first-order valence-electron chi connectivity index (χ1n) is 7.60. The molecule has 0 aliphatic rings. The van der Waals surface area contributed by atoms with E-state index in [1.54, 1.807) is 12.1 Å². The lowest BCUT2D eigenvalue weighted by Gasteiger charge is -2.08. The van der Waals surface area contributed by atoms with Gasteiger partial charge in [0.2, 0.25) is 5.88 Å². The van der Waals surface area contributed by atoms with Gasteiger partial charge in [-0.15, -0.1) is 0 Å². The Morgan fingerprint density at radius 2 is 2.17 bits per heavy atom. The summed E-state index contributed by atoms with van der Waals surface area (Å²) in [4.78, 5) is 15.7. The lowest BCUT2D eigenvalue weighted by Crippen LogP contribution is -2.29. The molecule has 1 heterocycles. The van der Waals surface area contributed by atoms with Gasteiger partial charge in [-0.2, -0.15) is 0 Å². The zero-order chi connectivity index (χ0) is 16.5. The van der Waals surface area contributed by atoms with Crippen LogP contribution in [0, 0.1) is 0 Å². The van der Waals surface area contributed by atoms with Gasteiger partial charge in [0.05, 0.1) is 11.9 Å². The third-order valence-electron chi connectivity index (χ3n) is 3.14. The van der Waals surface area contributed by atoms with Gasteiger partial charge in [0.15, 0.2) is 0 Å². The Morgan fingerprint density at radius 3 is 2.87 bits per heavy atom. The minimum atomic E-state index is -0.329. The minimum Gasteiger partial charge on any atom is -0.439 e. The number of aromatic nitrogens is 1. The van der Waals surface area contributed by atoms with Gasteiger partial charge >= 0.3 is 6.03 Å². The van der Waals surface area contributed by atoms with Crippen molar-refractivity contribution in [3.63, 3.8) is 0 Å². The van der Waals surface area contributed by atoms with Crippen LogP contribution in [0.4, 0.5) is 10.5 Å². The Morgan fingerprint density at radius 1 is 1.30 bits per heavy atom. The molecule has 3 N–H and O–H groups in total. The largest absolute Gasteiger partial charge is 0.439 e. The summed E-state index contributed by atoms with van der Waals surface area (Å²) >= 11 is 0. The quantitative estimate of drug-likeness (QED) is 0.686. The molecule has 1 aromatic heterocycles. The fraction of sp³-hybridized carbons (Fsp3) is 0.294. The van der Waals surface area contributed by atoms with Crippen molar-refractivity contribution in [2.24, 2.45) is 0 Å². The predicted molar refractivity (Wildman–Crippen MR) is 88.9 cm³/mol. The van der Waals surface area contributed by atoms with E-state index in [2.05, 4.69) is 22.5 Å². The van der Waals surface area contributed by atoms with Gasteiger partial charge in [0.25, 0.3) is 0 Å². The molecule has 2 aromatic rings. The SMILES string of the molecule is CCc1cccc(Oc2ccc(NC(=O)NCCCO)cn2)c1. The van der Waals surface area contributed by atoms with Crippen molar-refractivity contribution >= 4 is 11.7 Å². The molecule has 0 spiro atoms. The van der Waals surface area contributed by atoms with E-state index in [9.17, 15) is 4.79 Å². The Hall–Kier alpha value is -2.60. The van der Waals surface area contributed by atoms with Gasteiger partial charge in [-0.3, -0.25) is 0 Å². The minimum absolute atomic E-state index is 0.0487. The van der Waals surface area contributed by atoms with Crippen LogP contribution < -0.4 is 15.4 Å². The number of urea groups is 1. The Bertz CT molecular complexity index is 629. The van der Waals surface area contributed by atoms with Gasteiger partial charge in [0, 0.05) is 19.2 Å². The maximum atomic E-state index is 11.6. The number of anilines is 1. The number of hydrogen-bond donors (Lipinski definition) is 3. The molecule has 2 rings (SSSR count). The maximum Gasteiger partial charge on any atom is 0.319 e. The standard InChI is InChI=1S/C17H21N3O3/c1-2-13-5-3-6-15(11-13)23-16-8-7-14(12-19-16)20-17(22)18-9-4-10-21/h3,5-8,11-12,21H,2,4,9-10H2,1H3,(H2,18,20,22). The average molecular weight is 315 g/mol. The van der Waals surface area contributed by atoms with E-state index >= 15 is 0 Å². The molecule has 0 aliphatic carbocycles. The molecule has 0 atom stereocenters. The molecule has 0 fully saturated rings. The monoisotopic (exact) mass is 315 g/mol. The smallest absolute Gasteiger partial charge is 0.319 e. The average Bonchev–Trinajstić information content (AvgIpc) is 2.57. The topological polar surface area (TPSA) is 83.5 Å². The summed E-state index contributed by atoms with van der Waals surface area (Å²) < 4.78 is 5.69. The zero-order valence-corrected chi connectivity index (χ0v) is 13.1. The van der Waals surface area contributed by atoms with Crippen LogP contribution >= 0.6 is 0 Å². The maximum absolute atomic E-state index is 11.6. The van der Waals surface area contributed by atoms with Crippen molar-refractivity contribution in [2.45, 2.75) is 19.8 Å². The highest BCUT2D eigenvalue weighted by Gasteiger charge is 2.03. The molecule has 0 bridgehead atoms. The molecule has 0 radical (unpaired) electrons. The third kappa shape index (κ3) is 5.60. The highest BCUT2D eigenvalue weighted by atomic mass is 16.5. The summed E-state index contributed by atoms with van der Waals surface area (Å²) in [5.74, 6) is 1.20. The van der Waals surface area contributed by atoms with Gasteiger partial charge in [-0.05, 0) is 36.6 Å². The number of hydrogen-bond acceptors (Lipinski definition) is 4. The normalized spacial score (nSPS) is 10.2. The van der Waals surface area contributed by atoms with Crippen molar-refractivity contribution < 1.29 is 14.6 Å². The van der Waals surface area contributed by atoms with E-state index in [-0.39, 0.29) is 12.6 Å². The van der Waals surface area contributed by atoms with Crippen LogP contribution in [0.15, 0.2) is 42.6 Å². The van der Waals surface area contributed by atoms with E-state index in [1.807, 2.05) is 24.3 Å². The van der Waals surface area contributed by atoms with Crippen molar-refractivity contribution in [1.29, 1.82) is 0 Å². The predicted octanol–water partition coefficient (Wildman–Crippen LogP) is 2.94. The van der Waals surface area contributed by atoms with Crippen LogP contribution in [0.1, 0.15) is 18.9 Å². The first-order chi connectivity index (χ1) is 11.2. The van der Waals surface area contributed by atoms with Gasteiger partial charge < -0.3 is 20.5 Å². The molecule has 0 unspecified atom stereocenters. The molecular formula is C17H21N3O3. The second kappa shape index (κ2) is 8.75. The molecule has 0 saturated carbocycles. The first kappa shape index (κ1) is 16.8. The fourth-order valence-electron chi connectivity index (χ4n) is 1.92. The van der Waals surface area contributed by atoms with Crippen LogP contribution in [0.2, 0.25) is 0 Å². The van der Waals surface area contributed by atoms with E-state index < -0.39 is 0 Å². The number of nitrogens with one attached hydrogen (secondary N) is 2. The fourth-order valence-corrected chi connectivity index (χ4v) is 1.92. The van der Waals surface area contributed by atoms with E-state index in [0.717, 1.165) is 12.2 Å². The Kier molecular flexibility index (Phi) is 6.38. The highest BCUT2D eigenvalue weighted by Crippen LogP contribution is 2.21. The molecule has 122 valence electrons. The molecule has 1 aromatic carbocycles. The third-order valence-corrected chi connectivity index (χ3v) is 3.14. The van der Waals surface area contributed by atoms with Gasteiger partial charge in [-0.25, -0.2) is 9.78 Å². The molecular weight excluding hydrogens is 294 g/mol. The summed E-state index contributed by atoms with van der Waals surface area (Å²) in [6.45, 7) is 2.56. The number of aryl methyl sites for hydroxylation is 1. The molecule has 6 nitrogen and oxygen atoms in total. The van der Waals surface area contributed by atoms with E-state index in [1.165, 1.54) is 11.8 Å². The Balaban J connectivity index is 1.90. The van der Waals surface area contributed by atoms with Crippen molar-refractivity contribution in [1.82, 2.24) is 10.3 Å². The summed E-state index contributed by atoms with van der Waals surface area (Å²) in [7, 11) is 0. The summed E-state index contributed by atoms with van der Waals surface area (Å²) in [5, 5.41) is 13.9. The number of pyridine rings is 1. The molecule has 23 heavy (non-hydrogen) atoms. The van der Waals surface area contributed by atoms with Crippen molar-refractivity contribution in [3.8, 4) is 11.6 Å². The number of rotatable bonds is 7. The van der Waals surface area contributed by atoms with Crippen LogP contribution in [-0.4, -0.2) is 29.3 Å². The number of amides is 2.